The Hall–Kier alpha value is -2.44. The van der Waals surface area contributed by atoms with Gasteiger partial charge in [0.25, 0.3) is 5.69 Å². The van der Waals surface area contributed by atoms with Crippen LogP contribution in [0.1, 0.15) is 16.7 Å². The van der Waals surface area contributed by atoms with E-state index in [-0.39, 0.29) is 30.0 Å². The molecule has 0 fully saturated rings. The maximum absolute atomic E-state index is 12.3. The average molecular weight is 362 g/mol. The second kappa shape index (κ2) is 8.60. The Kier molecular flexibility index (Phi) is 6.50. The van der Waals surface area contributed by atoms with Crippen LogP contribution in [-0.4, -0.2) is 23.4 Å². The zero-order chi connectivity index (χ0) is 16.9. The van der Waals surface area contributed by atoms with Gasteiger partial charge in [0.15, 0.2) is 0 Å². The van der Waals surface area contributed by atoms with Crippen LogP contribution in [-0.2, 0) is 24.2 Å². The number of nitrogens with one attached hydrogen (secondary N) is 2. The van der Waals surface area contributed by atoms with Crippen LogP contribution in [0.25, 0.3) is 0 Å². The van der Waals surface area contributed by atoms with E-state index in [1.807, 2.05) is 12.1 Å². The third-order valence-electron chi connectivity index (χ3n) is 4.26. The maximum atomic E-state index is 12.3. The second-order valence-corrected chi connectivity index (χ2v) is 5.87. The predicted octanol–water partition coefficient (Wildman–Crippen LogP) is 2.39. The molecule has 2 N–H and O–H groups in total. The molecule has 0 bridgehead atoms. The van der Waals surface area contributed by atoms with Crippen molar-refractivity contribution in [2.45, 2.75) is 25.4 Å². The molecule has 3 rings (SSSR count). The number of hydrogen-bond donors (Lipinski definition) is 2. The largest absolute Gasteiger partial charge is 0.354 e. The van der Waals surface area contributed by atoms with Gasteiger partial charge < -0.3 is 10.6 Å². The van der Waals surface area contributed by atoms with Crippen molar-refractivity contribution in [2.75, 3.05) is 6.54 Å². The highest BCUT2D eigenvalue weighted by molar-refractivity contribution is 5.85. The lowest BCUT2D eigenvalue weighted by Crippen LogP contribution is -2.48. The first-order chi connectivity index (χ1) is 11.6. The molecule has 0 saturated carbocycles. The summed E-state index contributed by atoms with van der Waals surface area (Å²) in [6, 6.07) is 14.3. The van der Waals surface area contributed by atoms with Crippen LogP contribution >= 0.6 is 12.4 Å². The van der Waals surface area contributed by atoms with Crippen molar-refractivity contribution in [2.24, 2.45) is 0 Å². The van der Waals surface area contributed by atoms with Crippen LogP contribution in [0.2, 0.25) is 0 Å². The Morgan fingerprint density at radius 2 is 1.84 bits per heavy atom. The number of nitro groups is 1. The Balaban J connectivity index is 0.00000225. The molecule has 1 amide bonds. The van der Waals surface area contributed by atoms with Gasteiger partial charge >= 0.3 is 0 Å². The smallest absolute Gasteiger partial charge is 0.269 e. The molecule has 6 nitrogen and oxygen atoms in total. The number of carbonyl (C=O) groups excluding carboxylic acids is 1. The van der Waals surface area contributed by atoms with E-state index >= 15 is 0 Å². The zero-order valence-electron chi connectivity index (χ0n) is 13.6. The number of benzene rings is 2. The zero-order valence-corrected chi connectivity index (χ0v) is 14.4. The van der Waals surface area contributed by atoms with E-state index in [2.05, 4.69) is 22.8 Å². The molecule has 2 aromatic rings. The molecule has 0 saturated heterocycles. The molecular formula is C18H20ClN3O3. The van der Waals surface area contributed by atoms with Gasteiger partial charge in [0.05, 0.1) is 11.0 Å². The summed E-state index contributed by atoms with van der Waals surface area (Å²) in [7, 11) is 0. The molecule has 0 radical (unpaired) electrons. The molecule has 132 valence electrons. The van der Waals surface area contributed by atoms with Crippen LogP contribution in [0.3, 0.4) is 0 Å². The van der Waals surface area contributed by atoms with Crippen LogP contribution in [0.4, 0.5) is 5.69 Å². The minimum Gasteiger partial charge on any atom is -0.354 e. The highest BCUT2D eigenvalue weighted by atomic mass is 35.5. The van der Waals surface area contributed by atoms with Crippen LogP contribution < -0.4 is 10.6 Å². The lowest BCUT2D eigenvalue weighted by molar-refractivity contribution is -0.384. The first-order valence-electron chi connectivity index (χ1n) is 7.94. The van der Waals surface area contributed by atoms with E-state index in [1.165, 1.54) is 23.3 Å². The third kappa shape index (κ3) is 4.78. The molecule has 1 aliphatic heterocycles. The maximum Gasteiger partial charge on any atom is 0.269 e. The van der Waals surface area contributed by atoms with Gasteiger partial charge in [-0.25, -0.2) is 0 Å². The van der Waals surface area contributed by atoms with Crippen molar-refractivity contribution in [3.8, 4) is 0 Å². The summed E-state index contributed by atoms with van der Waals surface area (Å²) in [5.41, 5.74) is 3.50. The monoisotopic (exact) mass is 361 g/mol. The summed E-state index contributed by atoms with van der Waals surface area (Å²) < 4.78 is 0. The van der Waals surface area contributed by atoms with Crippen LogP contribution in [0, 0.1) is 10.1 Å². The van der Waals surface area contributed by atoms with Gasteiger partial charge in [-0.05, 0) is 29.5 Å². The summed E-state index contributed by atoms with van der Waals surface area (Å²) in [4.78, 5) is 22.5. The van der Waals surface area contributed by atoms with Crippen molar-refractivity contribution in [1.29, 1.82) is 0 Å². The number of amides is 1. The number of nitro benzene ring substituents is 1. The summed E-state index contributed by atoms with van der Waals surface area (Å²) in [5.74, 6) is -0.00795. The highest BCUT2D eigenvalue weighted by Crippen LogP contribution is 2.16. The molecule has 25 heavy (non-hydrogen) atoms. The van der Waals surface area contributed by atoms with Crippen molar-refractivity contribution >= 4 is 24.0 Å². The topological polar surface area (TPSA) is 84.3 Å². The summed E-state index contributed by atoms with van der Waals surface area (Å²) in [6.07, 6.45) is 1.34. The molecule has 0 aliphatic carbocycles. The summed E-state index contributed by atoms with van der Waals surface area (Å²) >= 11 is 0. The normalized spacial score (nSPS) is 15.6. The number of non-ortho nitro benzene ring substituents is 1. The van der Waals surface area contributed by atoms with E-state index < -0.39 is 4.92 Å². The number of hydrogen-bond acceptors (Lipinski definition) is 4. The fourth-order valence-corrected chi connectivity index (χ4v) is 2.88. The minimum atomic E-state index is -0.419. The molecule has 1 heterocycles. The Morgan fingerprint density at radius 3 is 2.52 bits per heavy atom. The van der Waals surface area contributed by atoms with E-state index in [4.69, 9.17) is 0 Å². The van der Waals surface area contributed by atoms with Crippen molar-refractivity contribution < 1.29 is 9.72 Å². The van der Waals surface area contributed by atoms with E-state index in [0.29, 0.717) is 25.9 Å². The number of halogens is 1. The molecule has 7 heteroatoms. The summed E-state index contributed by atoms with van der Waals surface area (Å²) in [6.45, 7) is 1.22. The van der Waals surface area contributed by atoms with Crippen molar-refractivity contribution in [3.63, 3.8) is 0 Å². The third-order valence-corrected chi connectivity index (χ3v) is 4.26. The minimum absolute atomic E-state index is 0. The SMILES string of the molecule is Cl.O=C(NCCc1ccc([N+](=O)[O-])cc1)C1Cc2ccccc2CN1. The van der Waals surface area contributed by atoms with Crippen molar-refractivity contribution in [3.05, 3.63) is 75.3 Å². The standard InChI is InChI=1S/C18H19N3O3.ClH/c22-18(17-11-14-3-1-2-4-15(14)12-20-17)19-10-9-13-5-7-16(8-6-13)21(23)24;/h1-8,17,20H,9-12H2,(H,19,22);1H. The molecule has 0 spiro atoms. The quantitative estimate of drug-likeness (QED) is 0.632. The van der Waals surface area contributed by atoms with Gasteiger partial charge in [-0.1, -0.05) is 36.4 Å². The van der Waals surface area contributed by atoms with Gasteiger partial charge in [0, 0.05) is 25.2 Å². The first kappa shape index (κ1) is 18.9. The Labute approximate surface area is 152 Å². The fourth-order valence-electron chi connectivity index (χ4n) is 2.88. The Bertz CT molecular complexity index is 749. The number of fused-ring (bicyclic) bond motifs is 1. The van der Waals surface area contributed by atoms with E-state index in [1.54, 1.807) is 12.1 Å². The molecular weight excluding hydrogens is 342 g/mol. The molecule has 1 atom stereocenters. The molecule has 1 aliphatic rings. The van der Waals surface area contributed by atoms with Crippen LogP contribution in [0.15, 0.2) is 48.5 Å². The average Bonchev–Trinajstić information content (AvgIpc) is 2.61. The van der Waals surface area contributed by atoms with Gasteiger partial charge in [-0.3, -0.25) is 14.9 Å². The number of carbonyl (C=O) groups is 1. The van der Waals surface area contributed by atoms with Crippen LogP contribution in [0.5, 0.6) is 0 Å². The first-order valence-corrected chi connectivity index (χ1v) is 7.94. The Morgan fingerprint density at radius 1 is 1.16 bits per heavy atom. The highest BCUT2D eigenvalue weighted by Gasteiger charge is 2.23. The van der Waals surface area contributed by atoms with Crippen molar-refractivity contribution in [1.82, 2.24) is 10.6 Å². The van der Waals surface area contributed by atoms with Gasteiger partial charge in [0.1, 0.15) is 0 Å². The number of rotatable bonds is 5. The van der Waals surface area contributed by atoms with Gasteiger partial charge in [0.2, 0.25) is 5.91 Å². The second-order valence-electron chi connectivity index (χ2n) is 5.87. The molecule has 1 unspecified atom stereocenters. The van der Waals surface area contributed by atoms with Gasteiger partial charge in [-0.15, -0.1) is 12.4 Å². The number of nitrogens with zero attached hydrogens (tertiary/aromatic N) is 1. The lowest BCUT2D eigenvalue weighted by Gasteiger charge is -2.25. The van der Waals surface area contributed by atoms with E-state index in [0.717, 1.165) is 5.56 Å². The molecule has 2 aromatic carbocycles. The van der Waals surface area contributed by atoms with E-state index in [9.17, 15) is 14.9 Å². The fraction of sp³-hybridized carbons (Fsp3) is 0.278. The molecule has 0 aromatic heterocycles. The summed E-state index contributed by atoms with van der Waals surface area (Å²) in [5, 5.41) is 16.8. The predicted molar refractivity (Wildman–Crippen MR) is 97.8 cm³/mol. The van der Waals surface area contributed by atoms with Gasteiger partial charge in [-0.2, -0.15) is 0 Å². The lowest BCUT2D eigenvalue weighted by atomic mass is 9.95.